The largest absolute Gasteiger partial charge is 0.483 e. The van der Waals surface area contributed by atoms with Crippen LogP contribution in [0.5, 0.6) is 5.75 Å². The summed E-state index contributed by atoms with van der Waals surface area (Å²) in [4.78, 5) is 12.2. The zero-order chi connectivity index (χ0) is 21.1. The molecular formula is C24H18Br2N2O2. The van der Waals surface area contributed by atoms with E-state index in [0.29, 0.717) is 5.75 Å². The first kappa shape index (κ1) is 20.6. The van der Waals surface area contributed by atoms with Crippen molar-refractivity contribution in [3.8, 4) is 5.75 Å². The van der Waals surface area contributed by atoms with Crippen molar-refractivity contribution in [3.63, 3.8) is 0 Å². The van der Waals surface area contributed by atoms with Crippen LogP contribution in [0.25, 0.3) is 21.5 Å². The normalized spacial score (nSPS) is 11.6. The summed E-state index contributed by atoms with van der Waals surface area (Å²) in [6.45, 7) is 1.73. The lowest BCUT2D eigenvalue weighted by atomic mass is 10.0. The molecular weight excluding hydrogens is 508 g/mol. The summed E-state index contributed by atoms with van der Waals surface area (Å²) in [5, 5.41) is 8.60. The van der Waals surface area contributed by atoms with Crippen molar-refractivity contribution < 1.29 is 9.53 Å². The first-order valence-electron chi connectivity index (χ1n) is 9.34. The van der Waals surface area contributed by atoms with E-state index >= 15 is 0 Å². The number of amides is 1. The van der Waals surface area contributed by atoms with E-state index < -0.39 is 0 Å². The Balaban J connectivity index is 1.41. The minimum absolute atomic E-state index is 0.130. The molecule has 0 unspecified atom stereocenters. The van der Waals surface area contributed by atoms with Gasteiger partial charge in [-0.05, 0) is 74.2 Å². The maximum absolute atomic E-state index is 12.2. The number of benzene rings is 4. The van der Waals surface area contributed by atoms with Crippen molar-refractivity contribution >= 4 is 65.0 Å². The maximum Gasteiger partial charge on any atom is 0.277 e. The molecule has 0 heterocycles. The van der Waals surface area contributed by atoms with E-state index in [1.807, 2.05) is 61.5 Å². The highest BCUT2D eigenvalue weighted by molar-refractivity contribution is 9.11. The van der Waals surface area contributed by atoms with Crippen LogP contribution in [0.15, 0.2) is 86.8 Å². The number of rotatable bonds is 5. The average Bonchev–Trinajstić information content (AvgIpc) is 2.76. The first-order valence-corrected chi connectivity index (χ1v) is 10.9. The van der Waals surface area contributed by atoms with Gasteiger partial charge in [0.1, 0.15) is 5.75 Å². The Morgan fingerprint density at radius 1 is 0.933 bits per heavy atom. The lowest BCUT2D eigenvalue weighted by molar-refractivity contribution is -0.123. The Hall–Kier alpha value is -2.70. The van der Waals surface area contributed by atoms with Gasteiger partial charge in [-0.25, -0.2) is 5.43 Å². The lowest BCUT2D eigenvalue weighted by Gasteiger charge is -2.10. The number of hydrogen-bond acceptors (Lipinski definition) is 3. The number of ether oxygens (including phenoxy) is 1. The molecule has 30 heavy (non-hydrogen) atoms. The van der Waals surface area contributed by atoms with Crippen molar-refractivity contribution in [2.45, 2.75) is 6.92 Å². The molecule has 0 spiro atoms. The Morgan fingerprint density at radius 2 is 1.70 bits per heavy atom. The summed E-state index contributed by atoms with van der Waals surface area (Å²) < 4.78 is 7.52. The molecule has 0 aliphatic heterocycles. The fraction of sp³-hybridized carbons (Fsp3) is 0.0833. The predicted molar refractivity (Wildman–Crippen MR) is 129 cm³/mol. The van der Waals surface area contributed by atoms with E-state index in [1.54, 1.807) is 0 Å². The summed E-state index contributed by atoms with van der Waals surface area (Å²) >= 11 is 7.04. The molecule has 0 atom stereocenters. The van der Waals surface area contributed by atoms with Gasteiger partial charge in [0.2, 0.25) is 0 Å². The van der Waals surface area contributed by atoms with Gasteiger partial charge >= 0.3 is 0 Å². The topological polar surface area (TPSA) is 50.7 Å². The SMILES string of the molecule is CC(=NNC(=O)COc1ccc2cc(Br)ccc2c1Br)c1ccc2ccccc2c1. The van der Waals surface area contributed by atoms with E-state index in [0.717, 1.165) is 36.4 Å². The number of carbonyl (C=O) groups excluding carboxylic acids is 1. The number of carbonyl (C=O) groups is 1. The molecule has 1 amide bonds. The van der Waals surface area contributed by atoms with Gasteiger partial charge < -0.3 is 4.74 Å². The van der Waals surface area contributed by atoms with Crippen molar-refractivity contribution in [1.29, 1.82) is 0 Å². The van der Waals surface area contributed by atoms with Crippen LogP contribution in [0.2, 0.25) is 0 Å². The number of nitrogens with zero attached hydrogens (tertiary/aromatic N) is 1. The summed E-state index contributed by atoms with van der Waals surface area (Å²) in [6, 6.07) is 24.0. The highest BCUT2D eigenvalue weighted by Crippen LogP contribution is 2.34. The lowest BCUT2D eigenvalue weighted by Crippen LogP contribution is -2.25. The molecule has 0 saturated carbocycles. The molecule has 4 rings (SSSR count). The molecule has 0 bridgehead atoms. The highest BCUT2D eigenvalue weighted by Gasteiger charge is 2.09. The second kappa shape index (κ2) is 8.98. The summed E-state index contributed by atoms with van der Waals surface area (Å²) in [6.07, 6.45) is 0. The van der Waals surface area contributed by atoms with E-state index in [4.69, 9.17) is 4.74 Å². The number of hydrogen-bond donors (Lipinski definition) is 1. The van der Waals surface area contributed by atoms with E-state index in [-0.39, 0.29) is 12.5 Å². The minimum Gasteiger partial charge on any atom is -0.483 e. The second-order valence-electron chi connectivity index (χ2n) is 6.83. The van der Waals surface area contributed by atoms with Gasteiger partial charge in [0.15, 0.2) is 6.61 Å². The highest BCUT2D eigenvalue weighted by atomic mass is 79.9. The number of nitrogens with one attached hydrogen (secondary N) is 1. The number of fused-ring (bicyclic) bond motifs is 2. The van der Waals surface area contributed by atoms with Gasteiger partial charge in [-0.3, -0.25) is 4.79 Å². The third-order valence-electron chi connectivity index (χ3n) is 4.75. The Morgan fingerprint density at radius 3 is 2.53 bits per heavy atom. The van der Waals surface area contributed by atoms with Crippen molar-refractivity contribution in [2.24, 2.45) is 5.10 Å². The molecule has 4 nitrogen and oxygen atoms in total. The first-order chi connectivity index (χ1) is 14.5. The molecule has 0 aromatic heterocycles. The third-order valence-corrected chi connectivity index (χ3v) is 6.07. The molecule has 0 aliphatic carbocycles. The molecule has 0 aliphatic rings. The van der Waals surface area contributed by atoms with Gasteiger partial charge in [-0.15, -0.1) is 0 Å². The minimum atomic E-state index is -0.321. The molecule has 0 saturated heterocycles. The number of hydrazone groups is 1. The van der Waals surface area contributed by atoms with Crippen molar-refractivity contribution in [1.82, 2.24) is 5.43 Å². The maximum atomic E-state index is 12.2. The van der Waals surface area contributed by atoms with Crippen LogP contribution in [-0.2, 0) is 4.79 Å². The fourth-order valence-corrected chi connectivity index (χ4v) is 4.14. The van der Waals surface area contributed by atoms with Crippen LogP contribution in [-0.4, -0.2) is 18.2 Å². The number of halogens is 2. The monoisotopic (exact) mass is 524 g/mol. The Bertz CT molecular complexity index is 1280. The van der Waals surface area contributed by atoms with Gasteiger partial charge in [0.05, 0.1) is 10.2 Å². The van der Waals surface area contributed by atoms with Gasteiger partial charge in [-0.2, -0.15) is 5.10 Å². The molecule has 4 aromatic carbocycles. The second-order valence-corrected chi connectivity index (χ2v) is 8.53. The zero-order valence-corrected chi connectivity index (χ0v) is 19.3. The van der Waals surface area contributed by atoms with Gasteiger partial charge in [0.25, 0.3) is 5.91 Å². The van der Waals surface area contributed by atoms with Crippen molar-refractivity contribution in [3.05, 3.63) is 87.3 Å². The summed E-state index contributed by atoms with van der Waals surface area (Å²) in [5.41, 5.74) is 4.25. The van der Waals surface area contributed by atoms with Gasteiger partial charge in [-0.1, -0.05) is 64.5 Å². The fourth-order valence-electron chi connectivity index (χ4n) is 3.15. The predicted octanol–water partition coefficient (Wildman–Crippen LogP) is 6.44. The molecule has 4 aromatic rings. The molecule has 1 N–H and O–H groups in total. The molecule has 150 valence electrons. The van der Waals surface area contributed by atoms with Crippen LogP contribution < -0.4 is 10.2 Å². The van der Waals surface area contributed by atoms with Crippen LogP contribution in [0.3, 0.4) is 0 Å². The zero-order valence-electron chi connectivity index (χ0n) is 16.2. The summed E-state index contributed by atoms with van der Waals surface area (Å²) in [5.74, 6) is 0.285. The van der Waals surface area contributed by atoms with Crippen LogP contribution >= 0.6 is 31.9 Å². The van der Waals surface area contributed by atoms with Gasteiger partial charge in [0, 0.05) is 4.47 Å². The summed E-state index contributed by atoms with van der Waals surface area (Å²) in [7, 11) is 0. The molecule has 0 fully saturated rings. The Labute approximate surface area is 191 Å². The third kappa shape index (κ3) is 4.55. The van der Waals surface area contributed by atoms with Crippen LogP contribution in [0.4, 0.5) is 0 Å². The Kier molecular flexibility index (Phi) is 6.16. The van der Waals surface area contributed by atoms with E-state index in [2.05, 4.69) is 60.6 Å². The average molecular weight is 526 g/mol. The standard InChI is InChI=1S/C24H18Br2N2O2/c1-15(17-7-6-16-4-2-3-5-18(16)12-17)27-28-23(29)14-30-22-11-8-19-13-20(25)9-10-21(19)24(22)26/h2-13H,14H2,1H3,(H,28,29). The molecule has 0 radical (unpaired) electrons. The van der Waals surface area contributed by atoms with E-state index in [9.17, 15) is 4.79 Å². The van der Waals surface area contributed by atoms with Crippen LogP contribution in [0, 0.1) is 0 Å². The van der Waals surface area contributed by atoms with Crippen LogP contribution in [0.1, 0.15) is 12.5 Å². The van der Waals surface area contributed by atoms with Crippen molar-refractivity contribution in [2.75, 3.05) is 6.61 Å². The smallest absolute Gasteiger partial charge is 0.277 e. The van der Waals surface area contributed by atoms with E-state index in [1.165, 1.54) is 5.39 Å². The molecule has 6 heteroatoms. The quantitative estimate of drug-likeness (QED) is 0.241.